The third-order valence-electron chi connectivity index (χ3n) is 3.80. The van der Waals surface area contributed by atoms with Crippen LogP contribution in [0.4, 0.5) is 10.1 Å². The number of hydrogen-bond donors (Lipinski definition) is 2. The van der Waals surface area contributed by atoms with Gasteiger partial charge >= 0.3 is 5.97 Å². The maximum absolute atomic E-state index is 14.4. The van der Waals surface area contributed by atoms with Crippen LogP contribution in [0.2, 0.25) is 10.0 Å². The number of carboxylic acid groups (broad SMARTS) is 1. The minimum atomic E-state index is -1.37. The van der Waals surface area contributed by atoms with E-state index in [1.165, 1.54) is 24.3 Å². The Balaban J connectivity index is 2.05. The molecule has 0 bridgehead atoms. The molecule has 0 aliphatic heterocycles. The molecule has 7 heteroatoms. The molecule has 0 saturated carbocycles. The van der Waals surface area contributed by atoms with E-state index in [9.17, 15) is 19.1 Å². The molecule has 0 fully saturated rings. The van der Waals surface area contributed by atoms with Crippen LogP contribution in [0.25, 0.3) is 11.1 Å². The maximum Gasteiger partial charge on any atom is 0.337 e. The topological polar surface area (TPSA) is 66.4 Å². The zero-order chi connectivity index (χ0) is 19.6. The Morgan fingerprint density at radius 3 is 2.15 bits per heavy atom. The number of hydrogen-bond acceptors (Lipinski definition) is 2. The molecule has 4 nitrogen and oxygen atoms in total. The molecular weight excluding hydrogens is 392 g/mol. The molecule has 0 radical (unpaired) electrons. The van der Waals surface area contributed by atoms with Gasteiger partial charge in [0.25, 0.3) is 5.91 Å². The Kier molecular flexibility index (Phi) is 5.44. The second-order valence-electron chi connectivity index (χ2n) is 5.66. The standard InChI is InChI=1S/C20H12Cl2FNO3/c21-13-6-12(7-14(22)8-13)19(25)24-18-10-15(11-4-2-1-3-5-11)17(23)9-16(18)20(26)27/h1-10H,(H,24,25)(H,26,27). The predicted octanol–water partition coefficient (Wildman–Crippen LogP) is 5.75. The molecule has 1 amide bonds. The number of aromatic carboxylic acids is 1. The van der Waals surface area contributed by atoms with Crippen LogP contribution >= 0.6 is 23.2 Å². The van der Waals surface area contributed by atoms with Gasteiger partial charge in [-0.2, -0.15) is 0 Å². The van der Waals surface area contributed by atoms with Crippen molar-refractivity contribution >= 4 is 40.8 Å². The average molecular weight is 404 g/mol. The van der Waals surface area contributed by atoms with Crippen molar-refractivity contribution in [2.24, 2.45) is 0 Å². The van der Waals surface area contributed by atoms with Crippen molar-refractivity contribution in [3.8, 4) is 11.1 Å². The lowest BCUT2D eigenvalue weighted by Gasteiger charge is -2.13. The highest BCUT2D eigenvalue weighted by Gasteiger charge is 2.19. The molecule has 0 aliphatic rings. The number of amides is 1. The van der Waals surface area contributed by atoms with Crippen molar-refractivity contribution in [1.82, 2.24) is 0 Å². The number of rotatable bonds is 4. The molecule has 0 aromatic heterocycles. The minimum Gasteiger partial charge on any atom is -0.478 e. The summed E-state index contributed by atoms with van der Waals surface area (Å²) in [5.41, 5.74) is 0.459. The number of anilines is 1. The summed E-state index contributed by atoms with van der Waals surface area (Å²) < 4.78 is 14.4. The smallest absolute Gasteiger partial charge is 0.337 e. The van der Waals surface area contributed by atoms with Crippen LogP contribution < -0.4 is 5.32 Å². The SMILES string of the molecule is O=C(Nc1cc(-c2ccccc2)c(F)cc1C(=O)O)c1cc(Cl)cc(Cl)c1. The summed E-state index contributed by atoms with van der Waals surface area (Å²) in [5, 5.41) is 12.4. The first kappa shape index (κ1) is 18.9. The zero-order valence-corrected chi connectivity index (χ0v) is 15.2. The Bertz CT molecular complexity index is 1020. The van der Waals surface area contributed by atoms with E-state index in [4.69, 9.17) is 23.2 Å². The fourth-order valence-corrected chi connectivity index (χ4v) is 3.10. The summed E-state index contributed by atoms with van der Waals surface area (Å²) in [6.07, 6.45) is 0. The molecule has 0 aliphatic carbocycles. The first-order valence-corrected chi connectivity index (χ1v) is 8.50. The van der Waals surface area contributed by atoms with Crippen LogP contribution in [0.1, 0.15) is 20.7 Å². The third-order valence-corrected chi connectivity index (χ3v) is 4.23. The molecule has 0 heterocycles. The zero-order valence-electron chi connectivity index (χ0n) is 13.7. The molecule has 0 unspecified atom stereocenters. The summed E-state index contributed by atoms with van der Waals surface area (Å²) >= 11 is 11.8. The molecule has 0 saturated heterocycles. The van der Waals surface area contributed by atoms with E-state index >= 15 is 0 Å². The van der Waals surface area contributed by atoms with Crippen LogP contribution in [-0.4, -0.2) is 17.0 Å². The van der Waals surface area contributed by atoms with Crippen LogP contribution in [0.3, 0.4) is 0 Å². The number of carbonyl (C=O) groups is 2. The van der Waals surface area contributed by atoms with Gasteiger partial charge in [0.05, 0.1) is 11.3 Å². The van der Waals surface area contributed by atoms with Crippen molar-refractivity contribution in [1.29, 1.82) is 0 Å². The van der Waals surface area contributed by atoms with Gasteiger partial charge in [-0.3, -0.25) is 4.79 Å². The van der Waals surface area contributed by atoms with Crippen molar-refractivity contribution < 1.29 is 19.1 Å². The molecule has 3 rings (SSSR count). The average Bonchev–Trinajstić information content (AvgIpc) is 2.62. The lowest BCUT2D eigenvalue weighted by atomic mass is 10.0. The van der Waals surface area contributed by atoms with E-state index in [0.29, 0.717) is 5.56 Å². The van der Waals surface area contributed by atoms with E-state index in [1.54, 1.807) is 30.3 Å². The lowest BCUT2D eigenvalue weighted by molar-refractivity contribution is 0.0697. The van der Waals surface area contributed by atoms with Crippen molar-refractivity contribution in [2.45, 2.75) is 0 Å². The quantitative estimate of drug-likeness (QED) is 0.582. The highest BCUT2D eigenvalue weighted by Crippen LogP contribution is 2.30. The molecule has 3 aromatic carbocycles. The Morgan fingerprint density at radius 2 is 1.56 bits per heavy atom. The fraction of sp³-hybridized carbons (Fsp3) is 0. The number of carboxylic acids is 1. The van der Waals surface area contributed by atoms with Gasteiger partial charge < -0.3 is 10.4 Å². The van der Waals surface area contributed by atoms with Crippen LogP contribution in [-0.2, 0) is 0 Å². The van der Waals surface area contributed by atoms with Crippen molar-refractivity contribution in [3.05, 3.63) is 87.7 Å². The van der Waals surface area contributed by atoms with Gasteiger partial charge in [-0.15, -0.1) is 0 Å². The lowest BCUT2D eigenvalue weighted by Crippen LogP contribution is -2.15. The van der Waals surface area contributed by atoms with Crippen molar-refractivity contribution in [2.75, 3.05) is 5.32 Å². The number of nitrogens with one attached hydrogen (secondary N) is 1. The Hall–Kier alpha value is -2.89. The van der Waals surface area contributed by atoms with Gasteiger partial charge in [-0.1, -0.05) is 53.5 Å². The Morgan fingerprint density at radius 1 is 0.926 bits per heavy atom. The normalized spacial score (nSPS) is 10.5. The predicted molar refractivity (Wildman–Crippen MR) is 103 cm³/mol. The third kappa shape index (κ3) is 4.27. The molecule has 136 valence electrons. The highest BCUT2D eigenvalue weighted by molar-refractivity contribution is 6.35. The number of carbonyl (C=O) groups excluding carboxylic acids is 1. The maximum atomic E-state index is 14.4. The summed E-state index contributed by atoms with van der Waals surface area (Å²) in [6, 6.07) is 15.0. The summed E-state index contributed by atoms with van der Waals surface area (Å²) in [4.78, 5) is 24.0. The van der Waals surface area contributed by atoms with Gasteiger partial charge in [0.15, 0.2) is 0 Å². The molecule has 2 N–H and O–H groups in total. The fourth-order valence-electron chi connectivity index (χ4n) is 2.57. The number of benzene rings is 3. The first-order valence-electron chi connectivity index (χ1n) is 7.75. The van der Waals surface area contributed by atoms with Crippen LogP contribution in [0, 0.1) is 5.82 Å². The summed E-state index contributed by atoms with van der Waals surface area (Å²) in [6.45, 7) is 0. The highest BCUT2D eigenvalue weighted by atomic mass is 35.5. The van der Waals surface area contributed by atoms with Gasteiger partial charge in [0.1, 0.15) is 5.82 Å². The summed E-state index contributed by atoms with van der Waals surface area (Å²) in [5.74, 6) is -2.69. The van der Waals surface area contributed by atoms with Gasteiger partial charge in [-0.05, 0) is 35.9 Å². The van der Waals surface area contributed by atoms with E-state index in [2.05, 4.69) is 5.32 Å². The van der Waals surface area contributed by atoms with Crippen LogP contribution in [0.15, 0.2) is 60.7 Å². The second-order valence-corrected chi connectivity index (χ2v) is 6.53. The molecule has 3 aromatic rings. The number of halogens is 3. The molecule has 0 atom stereocenters. The van der Waals surface area contributed by atoms with Crippen LogP contribution in [0.5, 0.6) is 0 Å². The Labute approximate surface area is 164 Å². The second kappa shape index (κ2) is 7.78. The van der Waals surface area contributed by atoms with E-state index < -0.39 is 17.7 Å². The van der Waals surface area contributed by atoms with Gasteiger partial charge in [-0.25, -0.2) is 9.18 Å². The van der Waals surface area contributed by atoms with Gasteiger partial charge in [0.2, 0.25) is 0 Å². The molecular formula is C20H12Cl2FNO3. The van der Waals surface area contributed by atoms with Gasteiger partial charge in [0, 0.05) is 21.2 Å². The van der Waals surface area contributed by atoms with E-state index in [0.717, 1.165) is 6.07 Å². The van der Waals surface area contributed by atoms with E-state index in [-0.39, 0.29) is 32.4 Å². The monoisotopic (exact) mass is 403 g/mol. The van der Waals surface area contributed by atoms with Crippen molar-refractivity contribution in [3.63, 3.8) is 0 Å². The summed E-state index contributed by atoms with van der Waals surface area (Å²) in [7, 11) is 0. The first-order chi connectivity index (χ1) is 12.8. The minimum absolute atomic E-state index is 0.0381. The van der Waals surface area contributed by atoms with E-state index in [1.807, 2.05) is 0 Å². The molecule has 27 heavy (non-hydrogen) atoms. The largest absolute Gasteiger partial charge is 0.478 e. The molecule has 0 spiro atoms.